The zero-order valence-electron chi connectivity index (χ0n) is 20.6. The van der Waals surface area contributed by atoms with Gasteiger partial charge in [-0.3, -0.25) is 14.2 Å². The van der Waals surface area contributed by atoms with Crippen LogP contribution in [0, 0.1) is 0 Å². The van der Waals surface area contributed by atoms with E-state index in [9.17, 15) is 35.9 Å². The van der Waals surface area contributed by atoms with E-state index in [1.54, 1.807) is 30.3 Å². The van der Waals surface area contributed by atoms with Crippen molar-refractivity contribution in [3.8, 4) is 5.69 Å². The number of nitrogens with one attached hydrogen (secondary N) is 2. The number of hydrogen-bond donors (Lipinski definition) is 2. The molecule has 2 N–H and O–H groups in total. The van der Waals surface area contributed by atoms with Crippen LogP contribution < -0.4 is 10.6 Å². The van der Waals surface area contributed by atoms with E-state index in [0.29, 0.717) is 5.69 Å². The number of alkyl halides is 6. The lowest BCUT2D eigenvalue weighted by Crippen LogP contribution is -2.27. The van der Waals surface area contributed by atoms with Crippen LogP contribution in [0.5, 0.6) is 0 Å². The lowest BCUT2D eigenvalue weighted by atomic mass is 10.1. The Labute approximate surface area is 237 Å². The Morgan fingerprint density at radius 1 is 0.878 bits per heavy atom. The number of rotatable bonds is 8. The number of benzene rings is 3. The summed E-state index contributed by atoms with van der Waals surface area (Å²) >= 11 is 6.84. The average molecular weight is 614 g/mol. The van der Waals surface area contributed by atoms with E-state index in [1.165, 1.54) is 16.7 Å². The molecule has 0 aliphatic rings. The molecule has 3 aromatic carbocycles. The summed E-state index contributed by atoms with van der Waals surface area (Å²) in [5, 5.41) is 12.9. The molecule has 0 saturated heterocycles. The van der Waals surface area contributed by atoms with Crippen molar-refractivity contribution in [2.45, 2.75) is 24.1 Å². The highest BCUT2D eigenvalue weighted by atomic mass is 35.5. The van der Waals surface area contributed by atoms with Gasteiger partial charge in [0, 0.05) is 5.69 Å². The molecule has 2 amide bonds. The monoisotopic (exact) mass is 613 g/mol. The number of hydrogen-bond acceptors (Lipinski definition) is 5. The van der Waals surface area contributed by atoms with E-state index in [2.05, 4.69) is 20.8 Å². The number of aromatic nitrogens is 3. The molecule has 0 saturated carbocycles. The molecule has 0 bridgehead atoms. The largest absolute Gasteiger partial charge is 0.417 e. The summed E-state index contributed by atoms with van der Waals surface area (Å²) in [4.78, 5) is 25.2. The summed E-state index contributed by atoms with van der Waals surface area (Å²) in [6.45, 7) is -0.306. The van der Waals surface area contributed by atoms with E-state index in [1.807, 2.05) is 0 Å². The maximum absolute atomic E-state index is 13.3. The number of halogens is 7. The molecule has 41 heavy (non-hydrogen) atoms. The molecular formula is C26H18ClF6N5O2S. The second-order valence-electron chi connectivity index (χ2n) is 8.33. The summed E-state index contributed by atoms with van der Waals surface area (Å²) in [6, 6.07) is 15.4. The zero-order valence-corrected chi connectivity index (χ0v) is 22.1. The smallest absolute Gasteiger partial charge is 0.345 e. The van der Waals surface area contributed by atoms with E-state index < -0.39 is 40.9 Å². The molecule has 1 aromatic heterocycles. The summed E-state index contributed by atoms with van der Waals surface area (Å²) in [6.07, 6.45) is -9.37. The van der Waals surface area contributed by atoms with Crippen LogP contribution in [-0.4, -0.2) is 32.3 Å². The molecule has 15 heteroatoms. The van der Waals surface area contributed by atoms with Gasteiger partial charge in [0.15, 0.2) is 11.0 Å². The topological polar surface area (TPSA) is 88.9 Å². The Kier molecular flexibility index (Phi) is 8.92. The first-order valence-electron chi connectivity index (χ1n) is 11.6. The number of carbonyl (C=O) groups excluding carboxylic acids is 2. The van der Waals surface area contributed by atoms with Crippen LogP contribution in [0.2, 0.25) is 5.02 Å². The summed E-state index contributed by atoms with van der Waals surface area (Å²) < 4.78 is 80.6. The van der Waals surface area contributed by atoms with Gasteiger partial charge >= 0.3 is 12.4 Å². The van der Waals surface area contributed by atoms with Crippen molar-refractivity contribution in [1.82, 2.24) is 20.1 Å². The molecule has 7 nitrogen and oxygen atoms in total. The molecule has 4 aromatic rings. The molecule has 0 unspecified atom stereocenters. The molecule has 0 atom stereocenters. The van der Waals surface area contributed by atoms with Gasteiger partial charge in [0.25, 0.3) is 5.91 Å². The van der Waals surface area contributed by atoms with Crippen molar-refractivity contribution in [3.05, 3.63) is 100 Å². The highest BCUT2D eigenvalue weighted by Crippen LogP contribution is 2.34. The minimum atomic E-state index is -4.74. The number of para-hydroxylation sites is 1. The Morgan fingerprint density at radius 3 is 2.24 bits per heavy atom. The van der Waals surface area contributed by atoms with Crippen molar-refractivity contribution in [3.63, 3.8) is 0 Å². The predicted octanol–water partition coefficient (Wildman–Crippen LogP) is 6.62. The Morgan fingerprint density at radius 2 is 1.56 bits per heavy atom. The predicted molar refractivity (Wildman–Crippen MR) is 140 cm³/mol. The Hall–Kier alpha value is -4.04. The van der Waals surface area contributed by atoms with Crippen LogP contribution in [0.15, 0.2) is 78.0 Å². The number of nitrogens with zero attached hydrogens (tertiary/aromatic N) is 3. The molecular weight excluding hydrogens is 596 g/mol. The number of anilines is 1. The molecule has 0 spiro atoms. The second-order valence-corrected chi connectivity index (χ2v) is 9.67. The van der Waals surface area contributed by atoms with Gasteiger partial charge in [-0.05, 0) is 42.5 Å². The Bertz CT molecular complexity index is 1560. The maximum Gasteiger partial charge on any atom is 0.417 e. The zero-order chi connectivity index (χ0) is 29.8. The van der Waals surface area contributed by atoms with Crippen LogP contribution in [0.1, 0.15) is 27.3 Å². The number of carbonyl (C=O) groups is 2. The summed E-state index contributed by atoms with van der Waals surface area (Å²) in [5.41, 5.74) is -2.34. The van der Waals surface area contributed by atoms with Crippen molar-refractivity contribution in [2.24, 2.45) is 0 Å². The van der Waals surface area contributed by atoms with Crippen LogP contribution in [0.4, 0.5) is 32.0 Å². The third-order valence-electron chi connectivity index (χ3n) is 5.50. The van der Waals surface area contributed by atoms with Gasteiger partial charge in [-0.2, -0.15) is 26.3 Å². The first-order valence-corrected chi connectivity index (χ1v) is 12.9. The van der Waals surface area contributed by atoms with Gasteiger partial charge in [-0.25, -0.2) is 0 Å². The van der Waals surface area contributed by atoms with E-state index in [0.717, 1.165) is 42.1 Å². The first-order chi connectivity index (χ1) is 19.3. The normalized spacial score (nSPS) is 11.8. The summed E-state index contributed by atoms with van der Waals surface area (Å²) in [5.74, 6) is -1.81. The van der Waals surface area contributed by atoms with Gasteiger partial charge < -0.3 is 10.6 Å². The van der Waals surface area contributed by atoms with Crippen LogP contribution in [0.25, 0.3) is 5.69 Å². The lowest BCUT2D eigenvalue weighted by molar-refractivity contribution is -0.138. The minimum absolute atomic E-state index is 0.0890. The quantitative estimate of drug-likeness (QED) is 0.172. The standard InChI is InChI=1S/C26H18ClF6N5O2S/c27-19-11-10-15(25(28,29)30)12-20(19)35-22(39)14-41-24-37-36-21(38(24)16-6-2-1-3-7-16)13-34-23(40)17-8-4-5-9-18(17)26(31,32)33/h1-12H,13-14H2,(H,34,40)(H,35,39). The van der Waals surface area contributed by atoms with Gasteiger partial charge in [0.2, 0.25) is 5.91 Å². The van der Waals surface area contributed by atoms with Crippen LogP contribution >= 0.6 is 23.4 Å². The lowest BCUT2D eigenvalue weighted by Gasteiger charge is -2.14. The highest BCUT2D eigenvalue weighted by molar-refractivity contribution is 7.99. The molecule has 4 rings (SSSR count). The van der Waals surface area contributed by atoms with Crippen LogP contribution in [0.3, 0.4) is 0 Å². The third kappa shape index (κ3) is 7.38. The fourth-order valence-electron chi connectivity index (χ4n) is 3.64. The third-order valence-corrected chi connectivity index (χ3v) is 6.76. The fourth-order valence-corrected chi connectivity index (χ4v) is 4.58. The molecule has 0 radical (unpaired) electrons. The van der Waals surface area contributed by atoms with Gasteiger partial charge in [-0.15, -0.1) is 10.2 Å². The maximum atomic E-state index is 13.3. The van der Waals surface area contributed by atoms with E-state index in [-0.39, 0.29) is 34.0 Å². The number of thioether (sulfide) groups is 1. The van der Waals surface area contributed by atoms with Crippen LogP contribution in [-0.2, 0) is 23.7 Å². The fraction of sp³-hybridized carbons (Fsp3) is 0.154. The van der Waals surface area contributed by atoms with Gasteiger partial charge in [-0.1, -0.05) is 53.7 Å². The van der Waals surface area contributed by atoms with Crippen molar-refractivity contribution in [2.75, 3.05) is 11.1 Å². The molecule has 0 aliphatic carbocycles. The van der Waals surface area contributed by atoms with Crippen molar-refractivity contribution >= 4 is 40.9 Å². The molecule has 0 aliphatic heterocycles. The van der Waals surface area contributed by atoms with Crippen molar-refractivity contribution < 1.29 is 35.9 Å². The number of amides is 2. The van der Waals surface area contributed by atoms with Gasteiger partial charge in [0.05, 0.1) is 39.7 Å². The first kappa shape index (κ1) is 29.9. The minimum Gasteiger partial charge on any atom is -0.345 e. The molecule has 1 heterocycles. The van der Waals surface area contributed by atoms with Gasteiger partial charge in [0.1, 0.15) is 0 Å². The van der Waals surface area contributed by atoms with E-state index >= 15 is 0 Å². The summed E-state index contributed by atoms with van der Waals surface area (Å²) in [7, 11) is 0. The second kappa shape index (κ2) is 12.2. The highest BCUT2D eigenvalue weighted by Gasteiger charge is 2.35. The molecule has 214 valence electrons. The average Bonchev–Trinajstić information content (AvgIpc) is 3.34. The van der Waals surface area contributed by atoms with E-state index in [4.69, 9.17) is 11.6 Å². The Balaban J connectivity index is 1.51. The van der Waals surface area contributed by atoms with Crippen molar-refractivity contribution in [1.29, 1.82) is 0 Å². The SMILES string of the molecule is O=C(CSc1nnc(CNC(=O)c2ccccc2C(F)(F)F)n1-c1ccccc1)Nc1cc(C(F)(F)F)ccc1Cl. The molecule has 0 fully saturated rings.